The van der Waals surface area contributed by atoms with Gasteiger partial charge in [-0.3, -0.25) is 0 Å². The van der Waals surface area contributed by atoms with E-state index in [1.165, 1.54) is 4.88 Å². The van der Waals surface area contributed by atoms with Crippen molar-refractivity contribution in [3.8, 4) is 0 Å². The molecule has 2 heterocycles. The minimum atomic E-state index is 0.294. The third kappa shape index (κ3) is 2.88. The molecule has 4 heteroatoms. The summed E-state index contributed by atoms with van der Waals surface area (Å²) in [7, 11) is 0. The lowest BCUT2D eigenvalue weighted by Gasteiger charge is -2.10. The van der Waals surface area contributed by atoms with Gasteiger partial charge in [0.25, 0.3) is 0 Å². The number of halogens is 1. The Kier molecular flexibility index (Phi) is 3.69. The Morgan fingerprint density at radius 3 is 2.75 bits per heavy atom. The van der Waals surface area contributed by atoms with Crippen LogP contribution < -0.4 is 5.32 Å². The third-order valence-corrected chi connectivity index (χ3v) is 3.81. The van der Waals surface area contributed by atoms with Crippen LogP contribution in [0.4, 0.5) is 0 Å². The molecule has 1 N–H and O–H groups in total. The van der Waals surface area contributed by atoms with E-state index < -0.39 is 0 Å². The zero-order valence-corrected chi connectivity index (χ0v) is 10.9. The normalized spacial score (nSPS) is 12.9. The van der Waals surface area contributed by atoms with Gasteiger partial charge >= 0.3 is 0 Å². The molecule has 0 aliphatic rings. The minimum absolute atomic E-state index is 0.294. The van der Waals surface area contributed by atoms with Crippen LogP contribution in [0.15, 0.2) is 28.7 Å². The van der Waals surface area contributed by atoms with Crippen molar-refractivity contribution in [3.05, 3.63) is 45.0 Å². The van der Waals surface area contributed by atoms with Gasteiger partial charge in [0.1, 0.15) is 11.5 Å². The number of furan rings is 1. The summed E-state index contributed by atoms with van der Waals surface area (Å²) in [6.07, 6.45) is 0. The van der Waals surface area contributed by atoms with E-state index in [0.717, 1.165) is 22.4 Å². The molecule has 2 nitrogen and oxygen atoms in total. The maximum atomic E-state index is 5.90. The van der Waals surface area contributed by atoms with E-state index in [1.807, 2.05) is 25.1 Å². The van der Waals surface area contributed by atoms with E-state index in [-0.39, 0.29) is 0 Å². The number of thiophene rings is 1. The molecule has 0 aliphatic heterocycles. The predicted molar refractivity (Wildman–Crippen MR) is 68.0 cm³/mol. The summed E-state index contributed by atoms with van der Waals surface area (Å²) in [6.45, 7) is 4.81. The minimum Gasteiger partial charge on any atom is -0.465 e. The van der Waals surface area contributed by atoms with E-state index in [1.54, 1.807) is 11.3 Å². The van der Waals surface area contributed by atoms with E-state index in [0.29, 0.717) is 6.04 Å². The zero-order chi connectivity index (χ0) is 11.5. The topological polar surface area (TPSA) is 25.2 Å². The lowest BCUT2D eigenvalue weighted by Crippen LogP contribution is -2.16. The van der Waals surface area contributed by atoms with Gasteiger partial charge in [-0.2, -0.15) is 0 Å². The van der Waals surface area contributed by atoms with Gasteiger partial charge in [-0.15, -0.1) is 11.3 Å². The van der Waals surface area contributed by atoms with Gasteiger partial charge in [0, 0.05) is 10.9 Å². The van der Waals surface area contributed by atoms with Crippen molar-refractivity contribution in [1.29, 1.82) is 0 Å². The second-order valence-electron chi connectivity index (χ2n) is 3.76. The van der Waals surface area contributed by atoms with Crippen molar-refractivity contribution in [1.82, 2.24) is 5.32 Å². The van der Waals surface area contributed by atoms with E-state index in [9.17, 15) is 0 Å². The summed E-state index contributed by atoms with van der Waals surface area (Å²) in [4.78, 5) is 1.24. The van der Waals surface area contributed by atoms with Gasteiger partial charge in [0.2, 0.25) is 0 Å². The molecule has 1 atom stereocenters. The summed E-state index contributed by atoms with van der Waals surface area (Å²) >= 11 is 7.51. The fraction of sp³-hybridized carbons (Fsp3) is 0.333. The first kappa shape index (κ1) is 11.7. The Bertz CT molecular complexity index is 463. The molecular weight excluding hydrogens is 242 g/mol. The average Bonchev–Trinajstić information content (AvgIpc) is 2.84. The van der Waals surface area contributed by atoms with Crippen molar-refractivity contribution < 1.29 is 4.42 Å². The number of rotatable bonds is 4. The van der Waals surface area contributed by atoms with Crippen LogP contribution in [0.25, 0.3) is 0 Å². The Balaban J connectivity index is 1.91. The third-order valence-electron chi connectivity index (χ3n) is 2.40. The number of hydrogen-bond acceptors (Lipinski definition) is 3. The summed E-state index contributed by atoms with van der Waals surface area (Å²) in [6, 6.07) is 8.25. The molecule has 0 aliphatic carbocycles. The molecule has 0 saturated carbocycles. The molecule has 86 valence electrons. The molecule has 16 heavy (non-hydrogen) atoms. The molecule has 0 aromatic carbocycles. The van der Waals surface area contributed by atoms with Crippen LogP contribution in [0.3, 0.4) is 0 Å². The maximum absolute atomic E-state index is 5.90. The van der Waals surface area contributed by atoms with Crippen molar-refractivity contribution >= 4 is 22.9 Å². The first-order valence-corrected chi connectivity index (χ1v) is 6.38. The first-order chi connectivity index (χ1) is 7.65. The summed E-state index contributed by atoms with van der Waals surface area (Å²) in [5.74, 6) is 1.91. The first-order valence-electron chi connectivity index (χ1n) is 5.19. The number of hydrogen-bond donors (Lipinski definition) is 1. The van der Waals surface area contributed by atoms with Gasteiger partial charge in [0.05, 0.1) is 10.9 Å². The standard InChI is InChI=1S/C12H14ClNOS/c1-8-3-4-10(15-8)7-14-9(2)11-5-6-12(13)16-11/h3-6,9,14H,7H2,1-2H3. The van der Waals surface area contributed by atoms with Gasteiger partial charge in [-0.05, 0) is 38.1 Å². The van der Waals surface area contributed by atoms with Crippen molar-refractivity contribution in [2.45, 2.75) is 26.4 Å². The van der Waals surface area contributed by atoms with Gasteiger partial charge in [-0.1, -0.05) is 11.6 Å². The molecule has 0 amide bonds. The molecular formula is C12H14ClNOS. The molecule has 0 saturated heterocycles. The quantitative estimate of drug-likeness (QED) is 0.888. The lowest BCUT2D eigenvalue weighted by atomic mass is 10.2. The maximum Gasteiger partial charge on any atom is 0.117 e. The summed E-state index contributed by atoms with van der Waals surface area (Å²) in [5.41, 5.74) is 0. The van der Waals surface area contributed by atoms with Crippen LogP contribution in [0.1, 0.15) is 29.4 Å². The average molecular weight is 256 g/mol. The van der Waals surface area contributed by atoms with E-state index >= 15 is 0 Å². The highest BCUT2D eigenvalue weighted by atomic mass is 35.5. The highest BCUT2D eigenvalue weighted by molar-refractivity contribution is 7.16. The molecule has 0 radical (unpaired) electrons. The smallest absolute Gasteiger partial charge is 0.117 e. The van der Waals surface area contributed by atoms with E-state index in [4.69, 9.17) is 16.0 Å². The van der Waals surface area contributed by atoms with Gasteiger partial charge < -0.3 is 9.73 Å². The van der Waals surface area contributed by atoms with Crippen LogP contribution in [-0.4, -0.2) is 0 Å². The SMILES string of the molecule is Cc1ccc(CNC(C)c2ccc(Cl)s2)o1. The molecule has 2 aromatic heterocycles. The molecule has 0 spiro atoms. The van der Waals surface area contributed by atoms with E-state index in [2.05, 4.69) is 18.3 Å². The van der Waals surface area contributed by atoms with Crippen molar-refractivity contribution in [2.75, 3.05) is 0 Å². The van der Waals surface area contributed by atoms with Crippen molar-refractivity contribution in [2.24, 2.45) is 0 Å². The zero-order valence-electron chi connectivity index (χ0n) is 9.29. The van der Waals surface area contributed by atoms with Gasteiger partial charge in [-0.25, -0.2) is 0 Å². The van der Waals surface area contributed by atoms with Crippen LogP contribution in [0.2, 0.25) is 4.34 Å². The molecule has 2 aromatic rings. The van der Waals surface area contributed by atoms with Crippen LogP contribution in [-0.2, 0) is 6.54 Å². The lowest BCUT2D eigenvalue weighted by molar-refractivity contribution is 0.446. The van der Waals surface area contributed by atoms with Crippen LogP contribution in [0, 0.1) is 6.92 Å². The van der Waals surface area contributed by atoms with Crippen LogP contribution in [0.5, 0.6) is 0 Å². The predicted octanol–water partition coefficient (Wildman–Crippen LogP) is 4.15. The monoisotopic (exact) mass is 255 g/mol. The molecule has 0 fully saturated rings. The Labute approximate surface area is 104 Å². The fourth-order valence-electron chi connectivity index (χ4n) is 1.50. The second-order valence-corrected chi connectivity index (χ2v) is 5.50. The highest BCUT2D eigenvalue weighted by Gasteiger charge is 2.08. The van der Waals surface area contributed by atoms with Crippen LogP contribution >= 0.6 is 22.9 Å². The Hall–Kier alpha value is -0.770. The number of aryl methyl sites for hydroxylation is 1. The molecule has 1 unspecified atom stereocenters. The Morgan fingerprint density at radius 2 is 2.19 bits per heavy atom. The van der Waals surface area contributed by atoms with Gasteiger partial charge in [0.15, 0.2) is 0 Å². The second kappa shape index (κ2) is 5.04. The largest absolute Gasteiger partial charge is 0.465 e. The van der Waals surface area contributed by atoms with Crippen molar-refractivity contribution in [3.63, 3.8) is 0 Å². The summed E-state index contributed by atoms with van der Waals surface area (Å²) in [5, 5.41) is 3.40. The number of nitrogens with one attached hydrogen (secondary N) is 1. The molecule has 2 rings (SSSR count). The summed E-state index contributed by atoms with van der Waals surface area (Å²) < 4.78 is 6.32. The molecule has 0 bridgehead atoms. The Morgan fingerprint density at radius 1 is 1.38 bits per heavy atom. The highest BCUT2D eigenvalue weighted by Crippen LogP contribution is 2.26. The fourth-order valence-corrected chi connectivity index (χ4v) is 2.58.